The molecule has 7 rings (SSSR count). The number of nitrogens with zero attached hydrogens (tertiary/aromatic N) is 2. The van der Waals surface area contributed by atoms with Crippen LogP contribution in [0.25, 0.3) is 61.1 Å². The standard InChI is InChI=1S/C35H23BrN2/c36-28-18-19-31-30-16-7-8-17-34(30)38(35(31)23-28)29-15-9-14-26(20-29)27-21-32(24-10-3-1-4-11-24)37-33(22-27)25-12-5-2-6-13-25/h1-23H. The number of hydrogen-bond donors (Lipinski definition) is 0. The minimum absolute atomic E-state index is 0.966. The topological polar surface area (TPSA) is 17.8 Å². The Kier molecular flexibility index (Phi) is 5.64. The van der Waals surface area contributed by atoms with Crippen LogP contribution in [0.5, 0.6) is 0 Å². The van der Waals surface area contributed by atoms with Gasteiger partial charge in [0, 0.05) is 32.1 Å². The van der Waals surface area contributed by atoms with Crippen LogP contribution in [-0.4, -0.2) is 9.55 Å². The molecule has 38 heavy (non-hydrogen) atoms. The van der Waals surface area contributed by atoms with Gasteiger partial charge in [-0.05, 0) is 53.6 Å². The van der Waals surface area contributed by atoms with E-state index in [9.17, 15) is 0 Å². The quantitative estimate of drug-likeness (QED) is 0.213. The molecule has 0 saturated carbocycles. The number of benzene rings is 5. The SMILES string of the molecule is Brc1ccc2c3ccccc3n(-c3cccc(-c4cc(-c5ccccc5)nc(-c5ccccc5)c4)c3)c2c1. The second kappa shape index (κ2) is 9.44. The molecule has 0 aliphatic rings. The highest BCUT2D eigenvalue weighted by molar-refractivity contribution is 9.10. The van der Waals surface area contributed by atoms with Crippen LogP contribution in [0.15, 0.2) is 144 Å². The Morgan fingerprint density at radius 3 is 1.76 bits per heavy atom. The van der Waals surface area contributed by atoms with Gasteiger partial charge in [0.1, 0.15) is 0 Å². The van der Waals surface area contributed by atoms with E-state index >= 15 is 0 Å². The average molecular weight is 551 g/mol. The Bertz CT molecular complexity index is 1860. The van der Waals surface area contributed by atoms with Crippen molar-refractivity contribution < 1.29 is 0 Å². The van der Waals surface area contributed by atoms with Gasteiger partial charge in [0.25, 0.3) is 0 Å². The first-order valence-electron chi connectivity index (χ1n) is 12.7. The maximum Gasteiger partial charge on any atom is 0.0715 e. The first kappa shape index (κ1) is 22.7. The van der Waals surface area contributed by atoms with Crippen LogP contribution in [0, 0.1) is 0 Å². The molecular weight excluding hydrogens is 528 g/mol. The lowest BCUT2D eigenvalue weighted by Crippen LogP contribution is -1.95. The van der Waals surface area contributed by atoms with Crippen LogP contribution in [-0.2, 0) is 0 Å². The molecule has 0 radical (unpaired) electrons. The molecule has 0 unspecified atom stereocenters. The van der Waals surface area contributed by atoms with Crippen molar-refractivity contribution in [3.63, 3.8) is 0 Å². The Morgan fingerprint density at radius 2 is 1.05 bits per heavy atom. The van der Waals surface area contributed by atoms with Crippen molar-refractivity contribution in [3.8, 4) is 39.3 Å². The minimum Gasteiger partial charge on any atom is -0.309 e. The molecule has 0 aliphatic carbocycles. The Balaban J connectivity index is 1.44. The highest BCUT2D eigenvalue weighted by Gasteiger charge is 2.14. The van der Waals surface area contributed by atoms with Gasteiger partial charge in [-0.25, -0.2) is 4.98 Å². The first-order chi connectivity index (χ1) is 18.7. The highest BCUT2D eigenvalue weighted by Crippen LogP contribution is 2.36. The zero-order chi connectivity index (χ0) is 25.5. The van der Waals surface area contributed by atoms with Crippen molar-refractivity contribution in [2.45, 2.75) is 0 Å². The van der Waals surface area contributed by atoms with E-state index < -0.39 is 0 Å². The van der Waals surface area contributed by atoms with Gasteiger partial charge in [0.15, 0.2) is 0 Å². The molecule has 0 spiro atoms. The number of para-hydroxylation sites is 1. The van der Waals surface area contributed by atoms with Crippen LogP contribution in [0.1, 0.15) is 0 Å². The summed E-state index contributed by atoms with van der Waals surface area (Å²) < 4.78 is 3.43. The maximum absolute atomic E-state index is 5.05. The number of aromatic nitrogens is 2. The summed E-state index contributed by atoms with van der Waals surface area (Å²) in [5, 5.41) is 2.50. The highest BCUT2D eigenvalue weighted by atomic mass is 79.9. The normalized spacial score (nSPS) is 11.3. The van der Waals surface area contributed by atoms with Gasteiger partial charge in [0.2, 0.25) is 0 Å². The van der Waals surface area contributed by atoms with Crippen molar-refractivity contribution in [2.24, 2.45) is 0 Å². The van der Waals surface area contributed by atoms with E-state index in [1.165, 1.54) is 21.8 Å². The van der Waals surface area contributed by atoms with E-state index in [0.717, 1.165) is 43.8 Å². The summed E-state index contributed by atoms with van der Waals surface area (Å²) in [5.41, 5.74) is 9.95. The molecule has 0 amide bonds. The van der Waals surface area contributed by atoms with Gasteiger partial charge >= 0.3 is 0 Å². The number of halogens is 1. The van der Waals surface area contributed by atoms with E-state index in [1.54, 1.807) is 0 Å². The summed E-state index contributed by atoms with van der Waals surface area (Å²) in [6, 6.07) is 49.1. The lowest BCUT2D eigenvalue weighted by atomic mass is 9.99. The molecule has 0 atom stereocenters. The van der Waals surface area contributed by atoms with E-state index in [-0.39, 0.29) is 0 Å². The van der Waals surface area contributed by atoms with Crippen LogP contribution < -0.4 is 0 Å². The summed E-state index contributed by atoms with van der Waals surface area (Å²) >= 11 is 3.69. The molecule has 0 fully saturated rings. The number of pyridine rings is 1. The maximum atomic E-state index is 5.05. The Hall–Kier alpha value is -4.47. The zero-order valence-corrected chi connectivity index (χ0v) is 22.1. The second-order valence-electron chi connectivity index (χ2n) is 9.42. The second-order valence-corrected chi connectivity index (χ2v) is 10.3. The fraction of sp³-hybridized carbons (Fsp3) is 0. The molecule has 5 aromatic carbocycles. The lowest BCUT2D eigenvalue weighted by molar-refractivity contribution is 1.18. The Labute approximate surface area is 230 Å². The first-order valence-corrected chi connectivity index (χ1v) is 13.5. The van der Waals surface area contributed by atoms with Crippen molar-refractivity contribution in [2.75, 3.05) is 0 Å². The van der Waals surface area contributed by atoms with Crippen LogP contribution in [0.3, 0.4) is 0 Å². The molecule has 0 N–H and O–H groups in total. The molecule has 180 valence electrons. The summed E-state index contributed by atoms with van der Waals surface area (Å²) in [7, 11) is 0. The van der Waals surface area contributed by atoms with Gasteiger partial charge < -0.3 is 4.57 Å². The molecule has 0 aliphatic heterocycles. The van der Waals surface area contributed by atoms with Gasteiger partial charge in [-0.3, -0.25) is 0 Å². The molecule has 0 saturated heterocycles. The minimum atomic E-state index is 0.966. The summed E-state index contributed by atoms with van der Waals surface area (Å²) in [5.74, 6) is 0. The van der Waals surface area contributed by atoms with Crippen molar-refractivity contribution in [3.05, 3.63) is 144 Å². The van der Waals surface area contributed by atoms with E-state index in [4.69, 9.17) is 4.98 Å². The molecule has 0 bridgehead atoms. The molecule has 2 nitrogen and oxygen atoms in total. The van der Waals surface area contributed by atoms with Gasteiger partial charge in [-0.2, -0.15) is 0 Å². The third-order valence-corrected chi connectivity index (χ3v) is 7.53. The fourth-order valence-corrected chi connectivity index (χ4v) is 5.61. The molecule has 2 aromatic heterocycles. The van der Waals surface area contributed by atoms with Crippen LogP contribution in [0.4, 0.5) is 0 Å². The predicted molar refractivity (Wildman–Crippen MR) is 163 cm³/mol. The van der Waals surface area contributed by atoms with Gasteiger partial charge in [-0.15, -0.1) is 0 Å². The summed E-state index contributed by atoms with van der Waals surface area (Å²) in [6.45, 7) is 0. The smallest absolute Gasteiger partial charge is 0.0715 e. The molecular formula is C35H23BrN2. The monoisotopic (exact) mass is 550 g/mol. The van der Waals surface area contributed by atoms with Crippen LogP contribution >= 0.6 is 15.9 Å². The van der Waals surface area contributed by atoms with E-state index in [2.05, 4.69) is 148 Å². The molecule has 2 heterocycles. The largest absolute Gasteiger partial charge is 0.309 e. The van der Waals surface area contributed by atoms with Crippen LogP contribution in [0.2, 0.25) is 0 Å². The molecule has 3 heteroatoms. The summed E-state index contributed by atoms with van der Waals surface area (Å²) in [4.78, 5) is 5.05. The lowest BCUT2D eigenvalue weighted by Gasteiger charge is -2.13. The third kappa shape index (κ3) is 4.02. The van der Waals surface area contributed by atoms with Gasteiger partial charge in [0.05, 0.1) is 22.4 Å². The average Bonchev–Trinajstić information content (AvgIpc) is 3.31. The van der Waals surface area contributed by atoms with E-state index in [1.807, 2.05) is 12.1 Å². The van der Waals surface area contributed by atoms with E-state index in [0.29, 0.717) is 0 Å². The van der Waals surface area contributed by atoms with Crippen molar-refractivity contribution >= 4 is 37.7 Å². The number of hydrogen-bond acceptors (Lipinski definition) is 1. The number of fused-ring (bicyclic) bond motifs is 3. The fourth-order valence-electron chi connectivity index (χ4n) is 5.26. The summed E-state index contributed by atoms with van der Waals surface area (Å²) in [6.07, 6.45) is 0. The zero-order valence-electron chi connectivity index (χ0n) is 20.6. The Morgan fingerprint density at radius 1 is 0.447 bits per heavy atom. The number of rotatable bonds is 4. The van der Waals surface area contributed by atoms with Crippen molar-refractivity contribution in [1.82, 2.24) is 9.55 Å². The third-order valence-electron chi connectivity index (χ3n) is 7.04. The predicted octanol–water partition coefficient (Wildman–Crippen LogP) is 9.94. The van der Waals surface area contributed by atoms with Gasteiger partial charge in [-0.1, -0.05) is 113 Å². The molecule has 7 aromatic rings. The van der Waals surface area contributed by atoms with Crippen molar-refractivity contribution in [1.29, 1.82) is 0 Å².